The fraction of sp³-hybridized carbons (Fsp3) is 0.667. The SMILES string of the molecule is C=CC(=O)OCCC(CC)[SiH2]OC. The highest BCUT2D eigenvalue weighted by Gasteiger charge is 2.07. The highest BCUT2D eigenvalue weighted by Crippen LogP contribution is 2.13. The molecule has 0 saturated carbocycles. The van der Waals surface area contributed by atoms with Crippen LogP contribution in [0.25, 0.3) is 0 Å². The van der Waals surface area contributed by atoms with Gasteiger partial charge in [0.2, 0.25) is 0 Å². The molecule has 0 bridgehead atoms. The summed E-state index contributed by atoms with van der Waals surface area (Å²) < 4.78 is 10.0. The van der Waals surface area contributed by atoms with Crippen LogP contribution in [0.5, 0.6) is 0 Å². The van der Waals surface area contributed by atoms with Crippen LogP contribution in [-0.2, 0) is 14.0 Å². The number of hydrogen-bond donors (Lipinski definition) is 0. The number of esters is 1. The summed E-state index contributed by atoms with van der Waals surface area (Å²) in [6, 6.07) is 0. The molecule has 0 heterocycles. The van der Waals surface area contributed by atoms with Crippen LogP contribution in [0.1, 0.15) is 19.8 Å². The van der Waals surface area contributed by atoms with E-state index in [4.69, 9.17) is 9.16 Å². The molecule has 0 N–H and O–H groups in total. The molecule has 1 unspecified atom stereocenters. The lowest BCUT2D eigenvalue weighted by molar-refractivity contribution is -0.137. The van der Waals surface area contributed by atoms with Gasteiger partial charge in [-0.15, -0.1) is 0 Å². The predicted octanol–water partition coefficient (Wildman–Crippen LogP) is 1.03. The van der Waals surface area contributed by atoms with Crippen LogP contribution in [0.4, 0.5) is 0 Å². The maximum atomic E-state index is 10.7. The van der Waals surface area contributed by atoms with Crippen molar-refractivity contribution in [3.8, 4) is 0 Å². The molecule has 0 aromatic heterocycles. The monoisotopic (exact) mass is 202 g/mol. The van der Waals surface area contributed by atoms with Gasteiger partial charge < -0.3 is 9.16 Å². The third kappa shape index (κ3) is 6.54. The quantitative estimate of drug-likeness (QED) is 0.351. The van der Waals surface area contributed by atoms with Crippen molar-refractivity contribution in [2.45, 2.75) is 25.3 Å². The van der Waals surface area contributed by atoms with E-state index in [0.29, 0.717) is 12.1 Å². The molecular weight excluding hydrogens is 184 g/mol. The van der Waals surface area contributed by atoms with Crippen molar-refractivity contribution >= 4 is 15.7 Å². The molecule has 0 aromatic rings. The topological polar surface area (TPSA) is 35.5 Å². The van der Waals surface area contributed by atoms with E-state index in [-0.39, 0.29) is 5.97 Å². The minimum atomic E-state index is -0.433. The molecule has 0 rings (SSSR count). The van der Waals surface area contributed by atoms with E-state index in [9.17, 15) is 4.79 Å². The first-order chi connectivity index (χ1) is 6.24. The number of ether oxygens (including phenoxy) is 1. The van der Waals surface area contributed by atoms with Crippen LogP contribution in [0.3, 0.4) is 0 Å². The van der Waals surface area contributed by atoms with Crippen molar-refractivity contribution in [1.29, 1.82) is 0 Å². The van der Waals surface area contributed by atoms with Gasteiger partial charge in [0.1, 0.15) is 0 Å². The second-order valence-corrected chi connectivity index (χ2v) is 4.96. The fourth-order valence-corrected chi connectivity index (χ4v) is 2.07. The Hall–Kier alpha value is -0.613. The molecule has 1 atom stereocenters. The Labute approximate surface area is 82.1 Å². The summed E-state index contributed by atoms with van der Waals surface area (Å²) in [5.74, 6) is -0.339. The average Bonchev–Trinajstić information content (AvgIpc) is 2.16. The molecule has 0 radical (unpaired) electrons. The minimum Gasteiger partial charge on any atom is -0.463 e. The van der Waals surface area contributed by atoms with Gasteiger partial charge in [0.05, 0.1) is 6.61 Å². The zero-order valence-electron chi connectivity index (χ0n) is 8.41. The molecule has 3 nitrogen and oxygen atoms in total. The Morgan fingerprint density at radius 1 is 1.69 bits per heavy atom. The Morgan fingerprint density at radius 3 is 2.85 bits per heavy atom. The van der Waals surface area contributed by atoms with Crippen molar-refractivity contribution in [1.82, 2.24) is 0 Å². The van der Waals surface area contributed by atoms with Crippen LogP contribution in [0.2, 0.25) is 5.54 Å². The number of hydrogen-bond acceptors (Lipinski definition) is 3. The van der Waals surface area contributed by atoms with Gasteiger partial charge in [-0.2, -0.15) is 0 Å². The molecule has 0 saturated heterocycles. The standard InChI is InChI=1S/C9H18O3Si/c1-4-8(13-11-3)6-7-12-9(10)5-2/h5,8H,2,4,6-7,13H2,1,3H3. The van der Waals surface area contributed by atoms with Crippen molar-refractivity contribution in [3.63, 3.8) is 0 Å². The lowest BCUT2D eigenvalue weighted by Gasteiger charge is -2.11. The van der Waals surface area contributed by atoms with Crippen LogP contribution < -0.4 is 0 Å². The average molecular weight is 202 g/mol. The van der Waals surface area contributed by atoms with E-state index < -0.39 is 9.76 Å². The Balaban J connectivity index is 3.48. The minimum absolute atomic E-state index is 0.339. The lowest BCUT2D eigenvalue weighted by Crippen LogP contribution is -2.10. The summed E-state index contributed by atoms with van der Waals surface area (Å²) in [5, 5.41) is 0. The fourth-order valence-electron chi connectivity index (χ4n) is 1.03. The van der Waals surface area contributed by atoms with Crippen LogP contribution in [0.15, 0.2) is 12.7 Å². The largest absolute Gasteiger partial charge is 0.463 e. The van der Waals surface area contributed by atoms with Gasteiger partial charge in [-0.1, -0.05) is 19.9 Å². The molecule has 0 amide bonds. The molecule has 0 aromatic carbocycles. The predicted molar refractivity (Wildman–Crippen MR) is 55.4 cm³/mol. The van der Waals surface area contributed by atoms with Crippen LogP contribution in [-0.4, -0.2) is 29.4 Å². The van der Waals surface area contributed by atoms with E-state index in [1.807, 2.05) is 0 Å². The van der Waals surface area contributed by atoms with Crippen LogP contribution in [0, 0.1) is 0 Å². The van der Waals surface area contributed by atoms with Gasteiger partial charge in [0.15, 0.2) is 9.76 Å². The molecule has 76 valence electrons. The van der Waals surface area contributed by atoms with Gasteiger partial charge in [0.25, 0.3) is 0 Å². The second kappa shape index (κ2) is 8.01. The van der Waals surface area contributed by atoms with Gasteiger partial charge in [-0.3, -0.25) is 0 Å². The summed E-state index contributed by atoms with van der Waals surface area (Å²) in [6.07, 6.45) is 3.20. The first-order valence-corrected chi connectivity index (χ1v) is 5.92. The van der Waals surface area contributed by atoms with E-state index in [0.717, 1.165) is 12.8 Å². The maximum absolute atomic E-state index is 10.7. The Morgan fingerprint density at radius 2 is 2.38 bits per heavy atom. The van der Waals surface area contributed by atoms with Gasteiger partial charge in [0, 0.05) is 13.2 Å². The molecule has 0 aliphatic heterocycles. The summed E-state index contributed by atoms with van der Waals surface area (Å²) >= 11 is 0. The molecule has 0 spiro atoms. The summed E-state index contributed by atoms with van der Waals surface area (Å²) in [4.78, 5) is 10.7. The van der Waals surface area contributed by atoms with Gasteiger partial charge >= 0.3 is 5.97 Å². The third-order valence-corrected chi connectivity index (χ3v) is 3.71. The van der Waals surface area contributed by atoms with E-state index >= 15 is 0 Å². The van der Waals surface area contributed by atoms with Crippen LogP contribution >= 0.6 is 0 Å². The smallest absolute Gasteiger partial charge is 0.330 e. The molecule has 13 heavy (non-hydrogen) atoms. The van der Waals surface area contributed by atoms with E-state index in [1.54, 1.807) is 7.11 Å². The van der Waals surface area contributed by atoms with E-state index in [2.05, 4.69) is 13.5 Å². The van der Waals surface area contributed by atoms with E-state index in [1.165, 1.54) is 6.08 Å². The molecule has 0 fully saturated rings. The van der Waals surface area contributed by atoms with Crippen molar-refractivity contribution in [3.05, 3.63) is 12.7 Å². The Kier molecular flexibility index (Phi) is 7.63. The molecule has 0 aliphatic carbocycles. The third-order valence-electron chi connectivity index (χ3n) is 1.92. The number of carbonyl (C=O) groups excluding carboxylic acids is 1. The van der Waals surface area contributed by atoms with Crippen molar-refractivity contribution < 1.29 is 14.0 Å². The molecule has 0 aliphatic rings. The van der Waals surface area contributed by atoms with Crippen molar-refractivity contribution in [2.24, 2.45) is 0 Å². The molecule has 4 heteroatoms. The van der Waals surface area contributed by atoms with Gasteiger partial charge in [-0.25, -0.2) is 4.79 Å². The normalized spacial score (nSPS) is 13.1. The van der Waals surface area contributed by atoms with Gasteiger partial charge in [-0.05, 0) is 12.0 Å². The summed E-state index contributed by atoms with van der Waals surface area (Å²) in [5.41, 5.74) is 0.614. The molecular formula is C9H18O3Si. The highest BCUT2D eigenvalue weighted by molar-refractivity contribution is 6.29. The second-order valence-electron chi connectivity index (χ2n) is 2.89. The first kappa shape index (κ1) is 12.4. The zero-order chi connectivity index (χ0) is 10.1. The lowest BCUT2D eigenvalue weighted by atomic mass is 10.2. The Bertz CT molecular complexity index is 159. The first-order valence-electron chi connectivity index (χ1n) is 4.52. The maximum Gasteiger partial charge on any atom is 0.330 e. The zero-order valence-corrected chi connectivity index (χ0v) is 9.83. The number of rotatable bonds is 7. The van der Waals surface area contributed by atoms with Crippen molar-refractivity contribution in [2.75, 3.05) is 13.7 Å². The number of carbonyl (C=O) groups is 1. The summed E-state index contributed by atoms with van der Waals surface area (Å²) in [7, 11) is 1.31. The highest BCUT2D eigenvalue weighted by atomic mass is 28.2. The summed E-state index contributed by atoms with van der Waals surface area (Å²) in [6.45, 7) is 5.94.